The Morgan fingerprint density at radius 1 is 1.00 bits per heavy atom. The molecule has 1 unspecified atom stereocenters. The molecule has 0 aliphatic heterocycles. The Morgan fingerprint density at radius 2 is 1.65 bits per heavy atom. The number of hydrogen-bond acceptors (Lipinski definition) is 1. The maximum Gasteiger partial charge on any atom is 0.416 e. The van der Waals surface area contributed by atoms with Gasteiger partial charge in [0.15, 0.2) is 0 Å². The Labute approximate surface area is 151 Å². The van der Waals surface area contributed by atoms with E-state index in [9.17, 15) is 13.2 Å². The number of halogens is 7. The van der Waals surface area contributed by atoms with Gasteiger partial charge in [0.25, 0.3) is 0 Å². The summed E-state index contributed by atoms with van der Waals surface area (Å²) >= 11 is 15.0. The van der Waals surface area contributed by atoms with Crippen LogP contribution in [0.2, 0.25) is 0 Å². The van der Waals surface area contributed by atoms with Crippen LogP contribution in [0.15, 0.2) is 36.3 Å². The van der Waals surface area contributed by atoms with Crippen molar-refractivity contribution in [1.82, 2.24) is 0 Å². The van der Waals surface area contributed by atoms with Gasteiger partial charge in [-0.05, 0) is 67.3 Å². The summed E-state index contributed by atoms with van der Waals surface area (Å²) in [7, 11) is 0. The second kappa shape index (κ2) is 6.40. The van der Waals surface area contributed by atoms with Crippen LogP contribution < -0.4 is 0 Å². The van der Waals surface area contributed by atoms with Crippen molar-refractivity contribution in [1.29, 1.82) is 0 Å². The highest BCUT2D eigenvalue weighted by molar-refractivity contribution is 9.12. The first-order chi connectivity index (χ1) is 9.20. The Bertz CT molecular complexity index is 636. The molecule has 0 N–H and O–H groups in total. The fourth-order valence-corrected chi connectivity index (χ4v) is 6.49. The van der Waals surface area contributed by atoms with Gasteiger partial charge in [-0.3, -0.25) is 0 Å². The van der Waals surface area contributed by atoms with Crippen molar-refractivity contribution < 1.29 is 13.2 Å². The second-order valence-electron chi connectivity index (χ2n) is 3.88. The molecule has 2 rings (SSSR count). The Kier molecular flexibility index (Phi) is 5.44. The van der Waals surface area contributed by atoms with Crippen molar-refractivity contribution in [2.75, 3.05) is 0 Å². The zero-order valence-electron chi connectivity index (χ0n) is 9.44. The van der Waals surface area contributed by atoms with Gasteiger partial charge in [-0.1, -0.05) is 31.9 Å². The van der Waals surface area contributed by atoms with Gasteiger partial charge < -0.3 is 0 Å². The Morgan fingerprint density at radius 3 is 2.15 bits per heavy atom. The van der Waals surface area contributed by atoms with Crippen LogP contribution in [-0.4, -0.2) is 0 Å². The van der Waals surface area contributed by atoms with Crippen molar-refractivity contribution >= 4 is 75.1 Å². The lowest BCUT2D eigenvalue weighted by Gasteiger charge is -2.15. The highest BCUT2D eigenvalue weighted by Gasteiger charge is 2.32. The number of rotatable bonds is 2. The molecule has 20 heavy (non-hydrogen) atoms. The molecule has 108 valence electrons. The molecule has 0 aliphatic rings. The summed E-state index contributed by atoms with van der Waals surface area (Å²) in [4.78, 5) is -0.337. The first-order valence-corrected chi connectivity index (χ1v) is 9.26. The van der Waals surface area contributed by atoms with Crippen LogP contribution in [-0.2, 0) is 6.18 Å². The fourth-order valence-electron chi connectivity index (χ4n) is 1.61. The first-order valence-electron chi connectivity index (χ1n) is 5.15. The minimum Gasteiger partial charge on any atom is -0.166 e. The summed E-state index contributed by atoms with van der Waals surface area (Å²) in [6.07, 6.45) is -4.35. The molecule has 1 aromatic heterocycles. The Hall–Kier alpha value is 0.630. The number of benzene rings is 1. The number of hydrogen-bond donors (Lipinski definition) is 0. The van der Waals surface area contributed by atoms with Crippen molar-refractivity contribution in [2.24, 2.45) is 0 Å². The van der Waals surface area contributed by atoms with Crippen LogP contribution in [0, 0.1) is 0 Å². The molecule has 2 aromatic rings. The van der Waals surface area contributed by atoms with Gasteiger partial charge in [-0.25, -0.2) is 0 Å². The molecule has 8 heteroatoms. The quantitative estimate of drug-likeness (QED) is 0.335. The topological polar surface area (TPSA) is 0 Å². The van der Waals surface area contributed by atoms with E-state index in [0.29, 0.717) is 10.0 Å². The molecular formula is C12H5Br4F3S. The third kappa shape index (κ3) is 3.69. The summed E-state index contributed by atoms with van der Waals surface area (Å²) in [5.41, 5.74) is 0.748. The van der Waals surface area contributed by atoms with Gasteiger partial charge in [-0.15, -0.1) is 11.3 Å². The summed E-state index contributed by atoms with van der Waals surface area (Å²) < 4.78 is 40.8. The lowest BCUT2D eigenvalue weighted by atomic mass is 10.0. The van der Waals surface area contributed by atoms with Crippen molar-refractivity contribution in [3.05, 3.63) is 53.0 Å². The molecular weight excluding hydrogens is 553 g/mol. The normalized spacial score (nSPS) is 13.6. The smallest absolute Gasteiger partial charge is 0.166 e. The van der Waals surface area contributed by atoms with Crippen molar-refractivity contribution in [3.63, 3.8) is 0 Å². The minimum absolute atomic E-state index is 0.337. The molecule has 0 aliphatic carbocycles. The van der Waals surface area contributed by atoms with Gasteiger partial charge in [-0.2, -0.15) is 13.2 Å². The SMILES string of the molecule is FC(F)(F)c1ccc(Br)c(C(Br)c2cc(Br)sc2Br)c1. The van der Waals surface area contributed by atoms with E-state index in [1.54, 1.807) is 0 Å². The van der Waals surface area contributed by atoms with Gasteiger partial charge >= 0.3 is 6.18 Å². The molecule has 0 saturated carbocycles. The summed E-state index contributed by atoms with van der Waals surface area (Å²) in [6, 6.07) is 5.51. The standard InChI is InChI=1S/C12H5Br4F3S/c13-8-2-1-5(12(17,18)19)3-6(8)10(15)7-4-9(14)20-11(7)16/h1-4,10H. The zero-order chi connectivity index (χ0) is 15.1. The van der Waals surface area contributed by atoms with Crippen LogP contribution in [0.4, 0.5) is 13.2 Å². The van der Waals surface area contributed by atoms with E-state index in [4.69, 9.17) is 0 Å². The van der Waals surface area contributed by atoms with E-state index in [1.165, 1.54) is 17.4 Å². The van der Waals surface area contributed by atoms with E-state index >= 15 is 0 Å². The monoisotopic (exact) mass is 554 g/mol. The molecule has 0 bridgehead atoms. The van der Waals surface area contributed by atoms with Crippen LogP contribution >= 0.6 is 75.1 Å². The molecule has 1 aromatic carbocycles. The summed E-state index contributed by atoms with van der Waals surface area (Å²) in [5.74, 6) is 0. The zero-order valence-corrected chi connectivity index (χ0v) is 16.6. The largest absolute Gasteiger partial charge is 0.416 e. The van der Waals surface area contributed by atoms with E-state index in [0.717, 1.165) is 25.3 Å². The van der Waals surface area contributed by atoms with E-state index < -0.39 is 11.7 Å². The maximum atomic E-state index is 12.8. The highest BCUT2D eigenvalue weighted by atomic mass is 79.9. The van der Waals surface area contributed by atoms with Gasteiger partial charge in [0, 0.05) is 4.47 Å². The fraction of sp³-hybridized carbons (Fsp3) is 0.167. The molecule has 1 atom stereocenters. The molecule has 0 saturated heterocycles. The van der Waals surface area contributed by atoms with Gasteiger partial charge in [0.05, 0.1) is 18.0 Å². The molecule has 0 radical (unpaired) electrons. The van der Waals surface area contributed by atoms with Gasteiger partial charge in [0.2, 0.25) is 0 Å². The van der Waals surface area contributed by atoms with E-state index in [-0.39, 0.29) is 4.83 Å². The first kappa shape index (κ1) is 17.0. The molecule has 0 spiro atoms. The van der Waals surface area contributed by atoms with E-state index in [2.05, 4.69) is 63.7 Å². The highest BCUT2D eigenvalue weighted by Crippen LogP contribution is 2.44. The van der Waals surface area contributed by atoms with Crippen molar-refractivity contribution in [2.45, 2.75) is 11.0 Å². The van der Waals surface area contributed by atoms with Gasteiger partial charge in [0.1, 0.15) is 0 Å². The van der Waals surface area contributed by atoms with Crippen LogP contribution in [0.25, 0.3) is 0 Å². The molecule has 0 fully saturated rings. The summed E-state index contributed by atoms with van der Waals surface area (Å²) in [5, 5.41) is 0. The molecule has 0 nitrogen and oxygen atoms in total. The predicted octanol–water partition coefficient (Wildman–Crippen LogP) is 7.54. The minimum atomic E-state index is -4.35. The Balaban J connectivity index is 2.49. The van der Waals surface area contributed by atoms with Crippen molar-refractivity contribution in [3.8, 4) is 0 Å². The second-order valence-corrected chi connectivity index (χ2v) is 9.40. The predicted molar refractivity (Wildman–Crippen MR) is 89.6 cm³/mol. The lowest BCUT2D eigenvalue weighted by Crippen LogP contribution is -2.06. The third-order valence-corrected chi connectivity index (χ3v) is 6.65. The average molecular weight is 558 g/mol. The van der Waals surface area contributed by atoms with E-state index in [1.807, 2.05) is 6.07 Å². The number of alkyl halides is 4. The average Bonchev–Trinajstić information content (AvgIpc) is 2.66. The lowest BCUT2D eigenvalue weighted by molar-refractivity contribution is -0.137. The number of thiophene rings is 1. The maximum absolute atomic E-state index is 12.8. The third-order valence-electron chi connectivity index (χ3n) is 2.55. The van der Waals surface area contributed by atoms with Crippen LogP contribution in [0.1, 0.15) is 21.5 Å². The molecule has 1 heterocycles. The van der Waals surface area contributed by atoms with Crippen LogP contribution in [0.5, 0.6) is 0 Å². The van der Waals surface area contributed by atoms with Crippen LogP contribution in [0.3, 0.4) is 0 Å². The summed E-state index contributed by atoms with van der Waals surface area (Å²) in [6.45, 7) is 0. The molecule has 0 amide bonds.